The van der Waals surface area contributed by atoms with E-state index in [1.165, 1.54) is 0 Å². The second-order valence-corrected chi connectivity index (χ2v) is 2.38. The van der Waals surface area contributed by atoms with Crippen molar-refractivity contribution in [1.29, 1.82) is 0 Å². The van der Waals surface area contributed by atoms with E-state index in [0.717, 1.165) is 0 Å². The van der Waals surface area contributed by atoms with E-state index >= 15 is 0 Å². The molecule has 0 bridgehead atoms. The number of hydrogen-bond acceptors (Lipinski definition) is 3. The van der Waals surface area contributed by atoms with E-state index in [-0.39, 0.29) is 11.4 Å². The SMILES string of the molecule is C=C1C(=O)OC(C)=C(C)C1=O. The summed E-state index contributed by atoms with van der Waals surface area (Å²) in [5.41, 5.74) is 0.364. The van der Waals surface area contributed by atoms with Gasteiger partial charge in [-0.25, -0.2) is 4.79 Å². The summed E-state index contributed by atoms with van der Waals surface area (Å²) < 4.78 is 4.70. The van der Waals surface area contributed by atoms with E-state index in [0.29, 0.717) is 11.3 Å². The Kier molecular flexibility index (Phi) is 1.64. The normalized spacial score (nSPS) is 18.9. The zero-order valence-electron chi connectivity index (χ0n) is 6.43. The first-order valence-corrected chi connectivity index (χ1v) is 3.17. The Morgan fingerprint density at radius 1 is 1.27 bits per heavy atom. The van der Waals surface area contributed by atoms with Crippen molar-refractivity contribution in [3.05, 3.63) is 23.5 Å². The van der Waals surface area contributed by atoms with Crippen LogP contribution in [0.3, 0.4) is 0 Å². The summed E-state index contributed by atoms with van der Waals surface area (Å²) in [4.78, 5) is 21.9. The fourth-order valence-electron chi connectivity index (χ4n) is 0.756. The first-order chi connectivity index (χ1) is 5.04. The molecule has 1 aliphatic rings. The number of carbonyl (C=O) groups is 2. The lowest BCUT2D eigenvalue weighted by atomic mass is 10.0. The van der Waals surface area contributed by atoms with Crippen LogP contribution in [0.2, 0.25) is 0 Å². The molecule has 0 radical (unpaired) electrons. The lowest BCUT2D eigenvalue weighted by molar-refractivity contribution is -0.137. The van der Waals surface area contributed by atoms with Crippen molar-refractivity contribution in [1.82, 2.24) is 0 Å². The summed E-state index contributed by atoms with van der Waals surface area (Å²) in [6.45, 7) is 6.49. The molecule has 0 saturated carbocycles. The van der Waals surface area contributed by atoms with Crippen LogP contribution in [0.5, 0.6) is 0 Å². The van der Waals surface area contributed by atoms with E-state index in [2.05, 4.69) is 6.58 Å². The van der Waals surface area contributed by atoms with Crippen LogP contribution in [0.4, 0.5) is 0 Å². The molecule has 1 heterocycles. The van der Waals surface area contributed by atoms with Crippen LogP contribution in [0.15, 0.2) is 23.5 Å². The molecule has 0 amide bonds. The minimum atomic E-state index is -0.641. The van der Waals surface area contributed by atoms with Crippen LogP contribution in [0.1, 0.15) is 13.8 Å². The topological polar surface area (TPSA) is 43.4 Å². The lowest BCUT2D eigenvalue weighted by Crippen LogP contribution is -2.21. The lowest BCUT2D eigenvalue weighted by Gasteiger charge is -2.14. The Hall–Kier alpha value is -1.38. The number of allylic oxidation sites excluding steroid dienone is 2. The molecule has 1 aliphatic heterocycles. The number of carbonyl (C=O) groups excluding carboxylic acids is 2. The van der Waals surface area contributed by atoms with Gasteiger partial charge < -0.3 is 4.74 Å². The zero-order valence-corrected chi connectivity index (χ0v) is 6.43. The molecule has 0 atom stereocenters. The molecule has 0 aliphatic carbocycles. The monoisotopic (exact) mass is 152 g/mol. The molecular weight excluding hydrogens is 144 g/mol. The van der Waals surface area contributed by atoms with Crippen LogP contribution < -0.4 is 0 Å². The van der Waals surface area contributed by atoms with Gasteiger partial charge in [0, 0.05) is 5.57 Å². The van der Waals surface area contributed by atoms with Crippen molar-refractivity contribution in [3.8, 4) is 0 Å². The number of ether oxygens (including phenoxy) is 1. The first-order valence-electron chi connectivity index (χ1n) is 3.17. The Labute approximate surface area is 64.3 Å². The van der Waals surface area contributed by atoms with Gasteiger partial charge in [0.15, 0.2) is 5.78 Å². The highest BCUT2D eigenvalue weighted by Crippen LogP contribution is 2.18. The third-order valence-electron chi connectivity index (χ3n) is 1.63. The molecule has 3 heteroatoms. The summed E-state index contributed by atoms with van der Waals surface area (Å²) in [6.07, 6.45) is 0. The zero-order chi connectivity index (χ0) is 8.59. The third kappa shape index (κ3) is 1.09. The van der Waals surface area contributed by atoms with E-state index in [1.807, 2.05) is 0 Å². The minimum absolute atomic E-state index is 0.0897. The minimum Gasteiger partial charge on any atom is -0.427 e. The van der Waals surface area contributed by atoms with Gasteiger partial charge in [-0.05, 0) is 13.8 Å². The van der Waals surface area contributed by atoms with Crippen molar-refractivity contribution in [3.63, 3.8) is 0 Å². The van der Waals surface area contributed by atoms with Gasteiger partial charge in [-0.3, -0.25) is 4.79 Å². The molecule has 0 aromatic carbocycles. The highest BCUT2D eigenvalue weighted by Gasteiger charge is 2.26. The molecule has 0 N–H and O–H groups in total. The van der Waals surface area contributed by atoms with Crippen LogP contribution in [0, 0.1) is 0 Å². The maximum Gasteiger partial charge on any atom is 0.346 e. The Morgan fingerprint density at radius 3 is 2.36 bits per heavy atom. The number of rotatable bonds is 0. The van der Waals surface area contributed by atoms with E-state index in [1.54, 1.807) is 13.8 Å². The molecule has 0 spiro atoms. The van der Waals surface area contributed by atoms with Crippen LogP contribution >= 0.6 is 0 Å². The predicted molar refractivity (Wildman–Crippen MR) is 38.6 cm³/mol. The molecular formula is C8H8O3. The fourth-order valence-corrected chi connectivity index (χ4v) is 0.756. The van der Waals surface area contributed by atoms with E-state index in [4.69, 9.17) is 4.74 Å². The molecule has 11 heavy (non-hydrogen) atoms. The van der Waals surface area contributed by atoms with Crippen LogP contribution in [-0.2, 0) is 14.3 Å². The summed E-state index contributed by atoms with van der Waals surface area (Å²) >= 11 is 0. The molecule has 58 valence electrons. The van der Waals surface area contributed by atoms with Gasteiger partial charge in [-0.1, -0.05) is 6.58 Å². The molecule has 0 aromatic heterocycles. The highest BCUT2D eigenvalue weighted by atomic mass is 16.5. The molecule has 1 rings (SSSR count). The van der Waals surface area contributed by atoms with E-state index < -0.39 is 5.97 Å². The Bertz CT molecular complexity index is 284. The van der Waals surface area contributed by atoms with Crippen molar-refractivity contribution in [2.45, 2.75) is 13.8 Å². The van der Waals surface area contributed by atoms with Crippen LogP contribution in [0.25, 0.3) is 0 Å². The van der Waals surface area contributed by atoms with Gasteiger partial charge >= 0.3 is 5.97 Å². The van der Waals surface area contributed by atoms with Gasteiger partial charge in [-0.15, -0.1) is 0 Å². The number of ketones is 1. The van der Waals surface area contributed by atoms with Gasteiger partial charge in [0.2, 0.25) is 0 Å². The largest absolute Gasteiger partial charge is 0.427 e. The summed E-state index contributed by atoms with van der Waals surface area (Å²) in [5, 5.41) is 0. The smallest absolute Gasteiger partial charge is 0.346 e. The quantitative estimate of drug-likeness (QED) is 0.295. The summed E-state index contributed by atoms with van der Waals surface area (Å²) in [7, 11) is 0. The van der Waals surface area contributed by atoms with E-state index in [9.17, 15) is 9.59 Å². The second kappa shape index (κ2) is 2.34. The van der Waals surface area contributed by atoms with Gasteiger partial charge in [0.1, 0.15) is 11.3 Å². The van der Waals surface area contributed by atoms with Crippen molar-refractivity contribution in [2.24, 2.45) is 0 Å². The average molecular weight is 152 g/mol. The fraction of sp³-hybridized carbons (Fsp3) is 0.250. The van der Waals surface area contributed by atoms with Gasteiger partial charge in [0.05, 0.1) is 0 Å². The van der Waals surface area contributed by atoms with Crippen molar-refractivity contribution >= 4 is 11.8 Å². The number of esters is 1. The molecule has 0 saturated heterocycles. The molecule has 0 aromatic rings. The number of cyclic esters (lactones) is 1. The first kappa shape index (κ1) is 7.72. The molecule has 0 unspecified atom stereocenters. The predicted octanol–water partition coefficient (Wildman–Crippen LogP) is 0.962. The van der Waals surface area contributed by atoms with Gasteiger partial charge in [-0.2, -0.15) is 0 Å². The average Bonchev–Trinajstić information content (AvgIpc) is 1.97. The standard InChI is InChI=1S/C8H8O3/c1-4-6(3)11-8(10)5(2)7(4)9/h2H2,1,3H3. The maximum absolute atomic E-state index is 11.1. The second-order valence-electron chi connectivity index (χ2n) is 2.38. The molecule has 0 fully saturated rings. The Balaban J connectivity index is 3.15. The van der Waals surface area contributed by atoms with Crippen LogP contribution in [-0.4, -0.2) is 11.8 Å². The van der Waals surface area contributed by atoms with Crippen molar-refractivity contribution in [2.75, 3.05) is 0 Å². The maximum atomic E-state index is 11.1. The van der Waals surface area contributed by atoms with Gasteiger partial charge in [0.25, 0.3) is 0 Å². The number of Topliss-reactive ketones (excluding diaryl/α,β-unsaturated/α-hetero) is 1. The summed E-state index contributed by atoms with van der Waals surface area (Å²) in [5.74, 6) is -0.593. The van der Waals surface area contributed by atoms with Crippen molar-refractivity contribution < 1.29 is 14.3 Å². The third-order valence-corrected chi connectivity index (χ3v) is 1.63. The highest BCUT2D eigenvalue weighted by molar-refractivity contribution is 6.25. The Morgan fingerprint density at radius 2 is 1.82 bits per heavy atom. The number of hydrogen-bond donors (Lipinski definition) is 0. The molecule has 3 nitrogen and oxygen atoms in total. The summed E-state index contributed by atoms with van der Waals surface area (Å²) in [6, 6.07) is 0.